The molecule has 4 aliphatic carbocycles. The molecule has 4 fully saturated rings. The molecule has 0 aliphatic heterocycles. The number of thioether (sulfide) groups is 1. The molecule has 1 atom stereocenters. The Hall–Kier alpha value is -0.710. The molecule has 4 aliphatic rings. The van der Waals surface area contributed by atoms with Crippen molar-refractivity contribution in [2.75, 3.05) is 12.0 Å². The fraction of sp³-hybridized carbons (Fsp3) is 0.875. The zero-order valence-electron chi connectivity index (χ0n) is 12.6. The van der Waals surface area contributed by atoms with Gasteiger partial charge in [0.25, 0.3) is 0 Å². The molecule has 0 spiro atoms. The van der Waals surface area contributed by atoms with Gasteiger partial charge < -0.3 is 10.4 Å². The number of carbonyl (C=O) groups is 2. The van der Waals surface area contributed by atoms with E-state index in [1.165, 1.54) is 19.3 Å². The molecule has 1 amide bonds. The van der Waals surface area contributed by atoms with Gasteiger partial charge in [-0.15, -0.1) is 0 Å². The monoisotopic (exact) mass is 311 g/mol. The Morgan fingerprint density at radius 1 is 1.19 bits per heavy atom. The third-order valence-corrected chi connectivity index (χ3v) is 6.38. The van der Waals surface area contributed by atoms with Crippen LogP contribution in [0.3, 0.4) is 0 Å². The minimum atomic E-state index is -0.901. The van der Waals surface area contributed by atoms with E-state index in [1.54, 1.807) is 11.8 Å². The van der Waals surface area contributed by atoms with E-state index in [-0.39, 0.29) is 11.3 Å². The maximum Gasteiger partial charge on any atom is 0.326 e. The van der Waals surface area contributed by atoms with Gasteiger partial charge in [0.1, 0.15) is 6.04 Å². The predicted octanol–water partition coefficient (Wildman–Crippen LogP) is 2.53. The number of aliphatic carboxylic acids is 1. The highest BCUT2D eigenvalue weighted by Gasteiger charge is 2.54. The number of carboxylic acids is 1. The van der Waals surface area contributed by atoms with E-state index >= 15 is 0 Å². The Labute approximate surface area is 130 Å². The Kier molecular flexibility index (Phi) is 4.21. The van der Waals surface area contributed by atoms with Crippen LogP contribution < -0.4 is 5.32 Å². The van der Waals surface area contributed by atoms with Gasteiger partial charge >= 0.3 is 5.97 Å². The summed E-state index contributed by atoms with van der Waals surface area (Å²) in [7, 11) is 0. The first kappa shape index (κ1) is 15.2. The van der Waals surface area contributed by atoms with E-state index in [0.29, 0.717) is 24.2 Å². The van der Waals surface area contributed by atoms with Gasteiger partial charge in [-0.05, 0) is 74.7 Å². The Bertz CT molecular complexity index is 402. The highest BCUT2D eigenvalue weighted by Crippen LogP contribution is 2.60. The van der Waals surface area contributed by atoms with Gasteiger partial charge in [-0.2, -0.15) is 11.8 Å². The second kappa shape index (κ2) is 5.82. The molecule has 0 aromatic rings. The van der Waals surface area contributed by atoms with Crippen LogP contribution in [0.1, 0.15) is 44.9 Å². The van der Waals surface area contributed by atoms with Crippen LogP contribution in [-0.4, -0.2) is 35.0 Å². The number of nitrogens with one attached hydrogen (secondary N) is 1. The van der Waals surface area contributed by atoms with Crippen LogP contribution in [0.25, 0.3) is 0 Å². The van der Waals surface area contributed by atoms with Crippen LogP contribution in [0.2, 0.25) is 0 Å². The summed E-state index contributed by atoms with van der Waals surface area (Å²) in [6.07, 6.45) is 9.30. The molecule has 4 nitrogen and oxygen atoms in total. The maximum absolute atomic E-state index is 12.8. The normalized spacial score (nSPS) is 38.2. The number of rotatable bonds is 6. The van der Waals surface area contributed by atoms with Crippen LogP contribution in [-0.2, 0) is 9.59 Å². The molecule has 0 aromatic carbocycles. The van der Waals surface area contributed by atoms with Crippen molar-refractivity contribution in [2.45, 2.75) is 51.0 Å². The van der Waals surface area contributed by atoms with Crippen molar-refractivity contribution in [3.8, 4) is 0 Å². The molecule has 1 unspecified atom stereocenters. The first-order valence-electron chi connectivity index (χ1n) is 8.05. The lowest BCUT2D eigenvalue weighted by molar-refractivity contribution is -0.151. The summed E-state index contributed by atoms with van der Waals surface area (Å²) in [5.74, 6) is 2.00. The van der Waals surface area contributed by atoms with Crippen LogP contribution in [0, 0.1) is 23.2 Å². The van der Waals surface area contributed by atoms with Gasteiger partial charge in [-0.3, -0.25) is 4.79 Å². The fourth-order valence-corrected chi connectivity index (χ4v) is 5.66. The second-order valence-electron chi connectivity index (χ2n) is 7.34. The highest BCUT2D eigenvalue weighted by atomic mass is 32.2. The average molecular weight is 311 g/mol. The number of hydrogen-bond acceptors (Lipinski definition) is 3. The van der Waals surface area contributed by atoms with Crippen LogP contribution in [0.5, 0.6) is 0 Å². The average Bonchev–Trinajstić information content (AvgIpc) is 2.41. The summed E-state index contributed by atoms with van der Waals surface area (Å²) < 4.78 is 0. The topological polar surface area (TPSA) is 66.4 Å². The van der Waals surface area contributed by atoms with E-state index < -0.39 is 12.0 Å². The van der Waals surface area contributed by atoms with E-state index in [4.69, 9.17) is 0 Å². The molecule has 0 heterocycles. The van der Waals surface area contributed by atoms with Crippen molar-refractivity contribution in [3.05, 3.63) is 0 Å². The Morgan fingerprint density at radius 2 is 1.71 bits per heavy atom. The van der Waals surface area contributed by atoms with Crippen molar-refractivity contribution < 1.29 is 14.7 Å². The zero-order chi connectivity index (χ0) is 15.0. The summed E-state index contributed by atoms with van der Waals surface area (Å²) in [4.78, 5) is 24.1. The standard InChI is InChI=1S/C16H25NO3S/c1-21-3-2-13(14(18)19)17-15(20)16-7-10-4-11(8-16)6-12(5-10)9-16/h10-13H,2-9H2,1H3,(H,17,20)(H,18,19). The lowest BCUT2D eigenvalue weighted by atomic mass is 9.49. The lowest BCUT2D eigenvalue weighted by Gasteiger charge is -2.55. The summed E-state index contributed by atoms with van der Waals surface area (Å²) in [5.41, 5.74) is -0.248. The molecule has 5 heteroatoms. The molecule has 118 valence electrons. The number of amides is 1. The maximum atomic E-state index is 12.8. The zero-order valence-corrected chi connectivity index (χ0v) is 13.5. The van der Waals surface area contributed by atoms with Crippen molar-refractivity contribution in [1.82, 2.24) is 5.32 Å². The number of hydrogen-bond donors (Lipinski definition) is 2. The Morgan fingerprint density at radius 3 is 2.14 bits per heavy atom. The third kappa shape index (κ3) is 2.94. The molecule has 4 bridgehead atoms. The van der Waals surface area contributed by atoms with E-state index in [0.717, 1.165) is 25.0 Å². The van der Waals surface area contributed by atoms with Gasteiger partial charge in [0.2, 0.25) is 5.91 Å². The van der Waals surface area contributed by atoms with Crippen molar-refractivity contribution in [1.29, 1.82) is 0 Å². The first-order valence-corrected chi connectivity index (χ1v) is 9.44. The predicted molar refractivity (Wildman–Crippen MR) is 83.2 cm³/mol. The fourth-order valence-electron chi connectivity index (χ4n) is 5.19. The molecule has 4 rings (SSSR count). The van der Waals surface area contributed by atoms with Crippen molar-refractivity contribution >= 4 is 23.6 Å². The molecular formula is C16H25NO3S. The van der Waals surface area contributed by atoms with Crippen LogP contribution in [0.15, 0.2) is 0 Å². The van der Waals surface area contributed by atoms with Crippen LogP contribution in [0.4, 0.5) is 0 Å². The van der Waals surface area contributed by atoms with E-state index in [9.17, 15) is 14.7 Å². The third-order valence-electron chi connectivity index (χ3n) is 5.73. The molecule has 0 aromatic heterocycles. The van der Waals surface area contributed by atoms with Crippen molar-refractivity contribution in [3.63, 3.8) is 0 Å². The second-order valence-corrected chi connectivity index (χ2v) is 8.33. The molecule has 21 heavy (non-hydrogen) atoms. The van der Waals surface area contributed by atoms with E-state index in [2.05, 4.69) is 5.32 Å². The lowest BCUT2D eigenvalue weighted by Crippen LogP contribution is -2.56. The van der Waals surface area contributed by atoms with E-state index in [1.807, 2.05) is 6.26 Å². The molecular weight excluding hydrogens is 286 g/mol. The van der Waals surface area contributed by atoms with Gasteiger partial charge in [-0.1, -0.05) is 0 Å². The SMILES string of the molecule is CSCCC(NC(=O)C12CC3CC(CC(C3)C1)C2)C(=O)O. The highest BCUT2D eigenvalue weighted by molar-refractivity contribution is 7.98. The van der Waals surface area contributed by atoms with Gasteiger partial charge in [0.15, 0.2) is 0 Å². The molecule has 4 saturated carbocycles. The molecule has 0 radical (unpaired) electrons. The minimum Gasteiger partial charge on any atom is -0.480 e. The number of carbonyl (C=O) groups excluding carboxylic acids is 1. The minimum absolute atomic E-state index is 0.0232. The summed E-state index contributed by atoms with van der Waals surface area (Å²) in [5, 5.41) is 12.2. The summed E-state index contributed by atoms with van der Waals surface area (Å²) >= 11 is 1.62. The van der Waals surface area contributed by atoms with Gasteiger partial charge in [-0.25, -0.2) is 4.79 Å². The summed E-state index contributed by atoms with van der Waals surface area (Å²) in [6.45, 7) is 0. The van der Waals surface area contributed by atoms with Crippen LogP contribution >= 0.6 is 11.8 Å². The largest absolute Gasteiger partial charge is 0.480 e. The Balaban J connectivity index is 1.68. The smallest absolute Gasteiger partial charge is 0.326 e. The number of carboxylic acid groups (broad SMARTS) is 1. The van der Waals surface area contributed by atoms with Gasteiger partial charge in [0, 0.05) is 5.41 Å². The first-order chi connectivity index (χ1) is 10.0. The quantitative estimate of drug-likeness (QED) is 0.791. The van der Waals surface area contributed by atoms with Gasteiger partial charge in [0.05, 0.1) is 0 Å². The molecule has 0 saturated heterocycles. The van der Waals surface area contributed by atoms with Crippen molar-refractivity contribution in [2.24, 2.45) is 23.2 Å². The summed E-state index contributed by atoms with van der Waals surface area (Å²) in [6, 6.07) is -0.724. The molecule has 2 N–H and O–H groups in total.